The molecule has 1 aliphatic heterocycles. The molecule has 2 amide bonds. The molecule has 0 unspecified atom stereocenters. The van der Waals surface area contributed by atoms with Crippen molar-refractivity contribution < 1.29 is 23.1 Å². The number of anilines is 1. The van der Waals surface area contributed by atoms with Gasteiger partial charge in [0.25, 0.3) is 0 Å². The van der Waals surface area contributed by atoms with E-state index in [0.717, 1.165) is 34.6 Å². The van der Waals surface area contributed by atoms with Crippen molar-refractivity contribution in [1.29, 1.82) is 0 Å². The Balaban J connectivity index is 1.30. The second kappa shape index (κ2) is 11.7. The molecular weight excluding hydrogens is 544 g/mol. The van der Waals surface area contributed by atoms with Gasteiger partial charge in [-0.05, 0) is 48.9 Å². The molecule has 1 aliphatic rings. The molecule has 0 aliphatic carbocycles. The van der Waals surface area contributed by atoms with E-state index in [4.69, 9.17) is 14.7 Å². The minimum absolute atomic E-state index is 0.313. The third-order valence-corrected chi connectivity index (χ3v) is 7.18. The van der Waals surface area contributed by atoms with Crippen LogP contribution in [-0.2, 0) is 9.57 Å². The Kier molecular flexibility index (Phi) is 7.66. The van der Waals surface area contributed by atoms with Gasteiger partial charge in [-0.1, -0.05) is 24.3 Å². The van der Waals surface area contributed by atoms with Gasteiger partial charge in [-0.15, -0.1) is 0 Å². The molecule has 1 saturated heterocycles. The third-order valence-electron chi connectivity index (χ3n) is 7.18. The summed E-state index contributed by atoms with van der Waals surface area (Å²) >= 11 is 0. The van der Waals surface area contributed by atoms with Crippen molar-refractivity contribution in [2.75, 3.05) is 32.1 Å². The number of hydroxylamine groups is 2. The third kappa shape index (κ3) is 5.47. The Labute approximate surface area is 240 Å². The van der Waals surface area contributed by atoms with Crippen molar-refractivity contribution in [2.45, 2.75) is 19.1 Å². The first-order valence-electron chi connectivity index (χ1n) is 13.4. The lowest BCUT2D eigenvalue weighted by atomic mass is 10.0. The van der Waals surface area contributed by atoms with Crippen LogP contribution in [-0.4, -0.2) is 63.1 Å². The highest BCUT2D eigenvalue weighted by molar-refractivity contribution is 5.91. The van der Waals surface area contributed by atoms with Crippen LogP contribution in [0.2, 0.25) is 0 Å². The molecule has 0 saturated carbocycles. The van der Waals surface area contributed by atoms with Gasteiger partial charge in [0.15, 0.2) is 11.6 Å². The molecule has 5 aromatic rings. The molecule has 10 nitrogen and oxygen atoms in total. The number of ether oxygens (including phenoxy) is 1. The Morgan fingerprint density at radius 1 is 1.12 bits per heavy atom. The molecule has 42 heavy (non-hydrogen) atoms. The molecule has 0 bridgehead atoms. The molecule has 2 atom stereocenters. The Morgan fingerprint density at radius 3 is 2.74 bits per heavy atom. The summed E-state index contributed by atoms with van der Waals surface area (Å²) in [7, 11) is 1.58. The van der Waals surface area contributed by atoms with E-state index in [1.165, 1.54) is 6.07 Å². The number of pyridine rings is 1. The average Bonchev–Trinajstić information content (AvgIpc) is 3.71. The Bertz CT molecular complexity index is 1720. The van der Waals surface area contributed by atoms with Gasteiger partial charge in [0.2, 0.25) is 0 Å². The van der Waals surface area contributed by atoms with Crippen LogP contribution < -0.4 is 10.6 Å². The van der Waals surface area contributed by atoms with Crippen molar-refractivity contribution in [3.05, 3.63) is 102 Å². The largest absolute Gasteiger partial charge is 0.383 e. The molecule has 2 N–H and O–H groups in total. The standard InChI is InChI=1S/C30H29F2N7O3/c1-19-27(21-9-11-26-33-12-13-37(26)17-21)36-39(22-6-4-3-5-7-22)29(19)35-30(40)34-25-18-38(14-15-41-2)42-28(25)20-8-10-23(31)24(32)16-20/h3-13,16-17,25,28H,14-15,18H2,1-2H3,(H2,34,35,40)/t25-,28+/m1/s1. The first-order valence-corrected chi connectivity index (χ1v) is 13.4. The summed E-state index contributed by atoms with van der Waals surface area (Å²) < 4.78 is 36.5. The maximum atomic E-state index is 14.1. The SMILES string of the molecule is COCCN1C[C@@H](NC(=O)Nc2c(C)c(-c3ccc4nccn4c3)nn2-c2ccccc2)[C@H](c2ccc(F)c(F)c2)O1. The number of amides is 2. The fourth-order valence-electron chi connectivity index (χ4n) is 5.08. The number of halogens is 2. The summed E-state index contributed by atoms with van der Waals surface area (Å²) in [6.07, 6.45) is 4.79. The second-order valence-corrected chi connectivity index (χ2v) is 9.97. The van der Waals surface area contributed by atoms with Gasteiger partial charge in [-0.3, -0.25) is 10.2 Å². The van der Waals surface area contributed by atoms with Crippen molar-refractivity contribution in [2.24, 2.45) is 0 Å². The van der Waals surface area contributed by atoms with Crippen LogP contribution >= 0.6 is 0 Å². The van der Waals surface area contributed by atoms with E-state index >= 15 is 0 Å². The van der Waals surface area contributed by atoms with Crippen molar-refractivity contribution in [1.82, 2.24) is 29.5 Å². The van der Waals surface area contributed by atoms with E-state index in [1.807, 2.05) is 66.2 Å². The van der Waals surface area contributed by atoms with Crippen LogP contribution in [0.5, 0.6) is 0 Å². The van der Waals surface area contributed by atoms with Gasteiger partial charge in [0, 0.05) is 49.9 Å². The zero-order chi connectivity index (χ0) is 29.2. The number of hydrogen-bond acceptors (Lipinski definition) is 6. The number of aromatic nitrogens is 4. The number of benzene rings is 2. The lowest BCUT2D eigenvalue weighted by molar-refractivity contribution is -0.154. The van der Waals surface area contributed by atoms with Crippen LogP contribution in [0.4, 0.5) is 19.4 Å². The van der Waals surface area contributed by atoms with Gasteiger partial charge >= 0.3 is 6.03 Å². The summed E-state index contributed by atoms with van der Waals surface area (Å²) in [5.74, 6) is -1.46. The van der Waals surface area contributed by atoms with Gasteiger partial charge in [-0.2, -0.15) is 10.2 Å². The number of carbonyl (C=O) groups is 1. The van der Waals surface area contributed by atoms with Gasteiger partial charge < -0.3 is 14.5 Å². The van der Waals surface area contributed by atoms with Crippen molar-refractivity contribution in [3.8, 4) is 16.9 Å². The first-order chi connectivity index (χ1) is 20.4. The second-order valence-electron chi connectivity index (χ2n) is 9.97. The van der Waals surface area contributed by atoms with Crippen LogP contribution in [0.3, 0.4) is 0 Å². The predicted molar refractivity (Wildman–Crippen MR) is 152 cm³/mol. The minimum atomic E-state index is -0.988. The van der Waals surface area contributed by atoms with Crippen LogP contribution in [0.15, 0.2) is 79.3 Å². The topological polar surface area (TPSA) is 98.0 Å². The van der Waals surface area contributed by atoms with E-state index in [0.29, 0.717) is 36.8 Å². The fraction of sp³-hybridized carbons (Fsp3) is 0.233. The number of carbonyl (C=O) groups excluding carboxylic acids is 1. The summed E-state index contributed by atoms with van der Waals surface area (Å²) in [5.41, 5.74) is 4.29. The van der Waals surface area contributed by atoms with Crippen molar-refractivity contribution in [3.63, 3.8) is 0 Å². The number of urea groups is 1. The van der Waals surface area contributed by atoms with Gasteiger partial charge in [-0.25, -0.2) is 23.2 Å². The molecule has 2 aromatic carbocycles. The summed E-state index contributed by atoms with van der Waals surface area (Å²) in [6, 6.07) is 15.9. The molecule has 1 fully saturated rings. The fourth-order valence-corrected chi connectivity index (χ4v) is 5.08. The number of rotatable bonds is 8. The van der Waals surface area contributed by atoms with E-state index in [-0.39, 0.29) is 0 Å². The maximum absolute atomic E-state index is 14.1. The molecule has 6 rings (SSSR count). The summed E-state index contributed by atoms with van der Waals surface area (Å²) in [4.78, 5) is 23.8. The molecule has 0 radical (unpaired) electrons. The molecule has 0 spiro atoms. The average molecular weight is 574 g/mol. The quantitative estimate of drug-likeness (QED) is 0.274. The van der Waals surface area contributed by atoms with Gasteiger partial charge in [0.1, 0.15) is 17.6 Å². The van der Waals surface area contributed by atoms with Gasteiger partial charge in [0.05, 0.1) is 24.0 Å². The summed E-state index contributed by atoms with van der Waals surface area (Å²) in [5, 5.41) is 12.5. The number of fused-ring (bicyclic) bond motifs is 1. The molecule has 4 heterocycles. The molecule has 12 heteroatoms. The minimum Gasteiger partial charge on any atom is -0.383 e. The molecular formula is C30H29F2N7O3. The smallest absolute Gasteiger partial charge is 0.320 e. The number of hydrogen-bond donors (Lipinski definition) is 2. The highest BCUT2D eigenvalue weighted by Gasteiger charge is 2.37. The number of para-hydroxylation sites is 1. The highest BCUT2D eigenvalue weighted by Crippen LogP contribution is 2.32. The first kappa shape index (κ1) is 27.5. The van der Waals surface area contributed by atoms with Crippen molar-refractivity contribution >= 4 is 17.5 Å². The van der Waals surface area contributed by atoms with E-state index < -0.39 is 29.8 Å². The number of imidazole rings is 1. The summed E-state index contributed by atoms with van der Waals surface area (Å²) in [6.45, 7) is 3.03. The number of nitrogens with zero attached hydrogens (tertiary/aromatic N) is 5. The zero-order valence-corrected chi connectivity index (χ0v) is 23.0. The Morgan fingerprint density at radius 2 is 1.95 bits per heavy atom. The Hall–Kier alpha value is -4.65. The number of methoxy groups -OCH3 is 1. The van der Waals surface area contributed by atoms with Crippen LogP contribution in [0, 0.1) is 18.6 Å². The monoisotopic (exact) mass is 573 g/mol. The lowest BCUT2D eigenvalue weighted by Gasteiger charge is -2.20. The van der Waals surface area contributed by atoms with E-state index in [9.17, 15) is 13.6 Å². The van der Waals surface area contributed by atoms with Crippen LogP contribution in [0.1, 0.15) is 17.2 Å². The predicted octanol–water partition coefficient (Wildman–Crippen LogP) is 4.90. The van der Waals surface area contributed by atoms with Crippen LogP contribution in [0.25, 0.3) is 22.6 Å². The van der Waals surface area contributed by atoms with E-state index in [2.05, 4.69) is 15.6 Å². The lowest BCUT2D eigenvalue weighted by Crippen LogP contribution is -2.42. The highest BCUT2D eigenvalue weighted by atomic mass is 19.2. The normalized spacial score (nSPS) is 17.1. The molecule has 216 valence electrons. The van der Waals surface area contributed by atoms with E-state index in [1.54, 1.807) is 23.1 Å². The maximum Gasteiger partial charge on any atom is 0.320 e. The zero-order valence-electron chi connectivity index (χ0n) is 23.0. The molecule has 3 aromatic heterocycles. The number of nitrogens with one attached hydrogen (secondary N) is 2.